The van der Waals surface area contributed by atoms with Gasteiger partial charge in [0, 0.05) is 18.8 Å². The van der Waals surface area contributed by atoms with Gasteiger partial charge in [-0.15, -0.1) is 0 Å². The number of rotatable bonds is 8. The number of amides is 1. The fraction of sp³-hybridized carbons (Fsp3) is 0.600. The van der Waals surface area contributed by atoms with Crippen LogP contribution in [0.2, 0.25) is 0 Å². The summed E-state index contributed by atoms with van der Waals surface area (Å²) < 4.78 is 0. The molecule has 0 saturated carbocycles. The molecule has 1 aromatic rings. The Bertz CT molecular complexity index is 367. The van der Waals surface area contributed by atoms with E-state index in [1.165, 1.54) is 6.42 Å². The number of pyridine rings is 1. The van der Waals surface area contributed by atoms with Crippen molar-refractivity contribution < 1.29 is 4.79 Å². The number of hydrogen-bond donors (Lipinski definition) is 2. The Hall–Kier alpha value is -1.42. The van der Waals surface area contributed by atoms with Crippen molar-refractivity contribution in [2.75, 3.05) is 6.54 Å². The van der Waals surface area contributed by atoms with Crippen LogP contribution in [0, 0.1) is 0 Å². The van der Waals surface area contributed by atoms with Crippen LogP contribution in [0.1, 0.15) is 51.8 Å². The molecule has 0 fully saturated rings. The molecule has 0 aliphatic heterocycles. The minimum Gasteiger partial charge on any atom is -0.355 e. The number of hydrogen-bond acceptors (Lipinski definition) is 3. The molecule has 0 aliphatic carbocycles. The molecular weight excluding hydrogens is 238 g/mol. The first-order chi connectivity index (χ1) is 9.15. The molecule has 106 valence electrons. The molecule has 0 aliphatic rings. The van der Waals surface area contributed by atoms with Gasteiger partial charge in [-0.1, -0.05) is 25.8 Å². The third kappa shape index (κ3) is 5.83. The summed E-state index contributed by atoms with van der Waals surface area (Å²) >= 11 is 0. The van der Waals surface area contributed by atoms with Crippen LogP contribution in [0.15, 0.2) is 24.4 Å². The minimum atomic E-state index is -0.210. The zero-order valence-corrected chi connectivity index (χ0v) is 12.1. The summed E-state index contributed by atoms with van der Waals surface area (Å²) in [5.74, 6) is 0.0545. The molecule has 2 N–H and O–H groups in total. The summed E-state index contributed by atoms with van der Waals surface area (Å²) in [5.41, 5.74) is 0.952. The van der Waals surface area contributed by atoms with Crippen LogP contribution in [0.3, 0.4) is 0 Å². The largest absolute Gasteiger partial charge is 0.355 e. The van der Waals surface area contributed by atoms with Crippen molar-refractivity contribution >= 4 is 5.91 Å². The monoisotopic (exact) mass is 263 g/mol. The summed E-state index contributed by atoms with van der Waals surface area (Å²) in [5, 5.41) is 6.21. The molecule has 2 atom stereocenters. The highest BCUT2D eigenvalue weighted by atomic mass is 16.2. The van der Waals surface area contributed by atoms with Gasteiger partial charge in [-0.05, 0) is 32.4 Å². The Labute approximate surface area is 116 Å². The zero-order valence-electron chi connectivity index (χ0n) is 12.1. The lowest BCUT2D eigenvalue weighted by atomic mass is 10.2. The number of aromatic nitrogens is 1. The Kier molecular flexibility index (Phi) is 7.11. The highest BCUT2D eigenvalue weighted by molar-refractivity contribution is 5.81. The second-order valence-electron chi connectivity index (χ2n) is 4.86. The van der Waals surface area contributed by atoms with E-state index in [0.29, 0.717) is 0 Å². The molecule has 0 bridgehead atoms. The zero-order chi connectivity index (χ0) is 14.1. The molecular formula is C15H25N3O. The molecule has 4 heteroatoms. The van der Waals surface area contributed by atoms with Gasteiger partial charge in [0.25, 0.3) is 0 Å². The maximum Gasteiger partial charge on any atom is 0.236 e. The van der Waals surface area contributed by atoms with Crippen molar-refractivity contribution in [1.82, 2.24) is 15.6 Å². The molecule has 1 amide bonds. The summed E-state index contributed by atoms with van der Waals surface area (Å²) in [6.45, 7) is 6.81. The molecule has 0 radical (unpaired) electrons. The van der Waals surface area contributed by atoms with Crippen molar-refractivity contribution in [2.24, 2.45) is 0 Å². The molecule has 0 saturated heterocycles. The topological polar surface area (TPSA) is 54.0 Å². The average molecular weight is 263 g/mol. The van der Waals surface area contributed by atoms with Gasteiger partial charge in [-0.25, -0.2) is 0 Å². The van der Waals surface area contributed by atoms with Crippen LogP contribution >= 0.6 is 0 Å². The van der Waals surface area contributed by atoms with Gasteiger partial charge in [0.1, 0.15) is 0 Å². The number of nitrogens with zero attached hydrogens (tertiary/aromatic N) is 1. The standard InChI is InChI=1S/C15H25N3O/c1-4-5-7-11-17-15(19)13(3)18-12(2)14-9-6-8-10-16-14/h6,8-10,12-13,18H,4-5,7,11H2,1-3H3,(H,17,19)/t12-,13?/m1/s1. The van der Waals surface area contributed by atoms with Crippen molar-refractivity contribution in [3.8, 4) is 0 Å². The molecule has 4 nitrogen and oxygen atoms in total. The van der Waals surface area contributed by atoms with Gasteiger partial charge in [-0.3, -0.25) is 15.1 Å². The lowest BCUT2D eigenvalue weighted by Gasteiger charge is -2.19. The van der Waals surface area contributed by atoms with E-state index in [9.17, 15) is 4.79 Å². The van der Waals surface area contributed by atoms with Gasteiger partial charge in [0.15, 0.2) is 0 Å². The molecule has 1 aromatic heterocycles. The predicted octanol–water partition coefficient (Wildman–Crippen LogP) is 2.43. The summed E-state index contributed by atoms with van der Waals surface area (Å²) in [4.78, 5) is 16.2. The quantitative estimate of drug-likeness (QED) is 0.708. The van der Waals surface area contributed by atoms with E-state index in [4.69, 9.17) is 0 Å². The first-order valence-electron chi connectivity index (χ1n) is 7.09. The maximum atomic E-state index is 11.9. The first kappa shape index (κ1) is 15.6. The van der Waals surface area contributed by atoms with Gasteiger partial charge in [-0.2, -0.15) is 0 Å². The normalized spacial score (nSPS) is 13.8. The SMILES string of the molecule is CCCCCNC(=O)C(C)N[C@H](C)c1ccccn1. The lowest BCUT2D eigenvalue weighted by Crippen LogP contribution is -2.43. The van der Waals surface area contributed by atoms with Crippen LogP contribution in [0.5, 0.6) is 0 Å². The fourth-order valence-corrected chi connectivity index (χ4v) is 1.91. The van der Waals surface area contributed by atoms with Crippen LogP contribution in [0.4, 0.5) is 0 Å². The average Bonchev–Trinajstić information content (AvgIpc) is 2.44. The smallest absolute Gasteiger partial charge is 0.236 e. The second-order valence-corrected chi connectivity index (χ2v) is 4.86. The Morgan fingerprint density at radius 2 is 2.11 bits per heavy atom. The minimum absolute atomic E-state index is 0.0545. The molecule has 1 rings (SSSR count). The van der Waals surface area contributed by atoms with E-state index in [0.717, 1.165) is 25.1 Å². The molecule has 1 unspecified atom stereocenters. The van der Waals surface area contributed by atoms with E-state index < -0.39 is 0 Å². The van der Waals surface area contributed by atoms with Gasteiger partial charge in [0.2, 0.25) is 5.91 Å². The Morgan fingerprint density at radius 1 is 1.32 bits per heavy atom. The Balaban J connectivity index is 2.33. The highest BCUT2D eigenvalue weighted by Gasteiger charge is 2.16. The van der Waals surface area contributed by atoms with Crippen molar-refractivity contribution in [2.45, 2.75) is 52.1 Å². The van der Waals surface area contributed by atoms with Gasteiger partial charge >= 0.3 is 0 Å². The van der Waals surface area contributed by atoms with Crippen LogP contribution in [0.25, 0.3) is 0 Å². The predicted molar refractivity (Wildman–Crippen MR) is 77.8 cm³/mol. The number of carbonyl (C=O) groups excluding carboxylic acids is 1. The molecule has 1 heterocycles. The summed E-state index contributed by atoms with van der Waals surface area (Å²) in [6.07, 6.45) is 5.14. The van der Waals surface area contributed by atoms with Crippen LogP contribution in [-0.2, 0) is 4.79 Å². The number of nitrogens with one attached hydrogen (secondary N) is 2. The molecule has 19 heavy (non-hydrogen) atoms. The van der Waals surface area contributed by atoms with E-state index in [2.05, 4.69) is 22.5 Å². The second kappa shape index (κ2) is 8.64. The van der Waals surface area contributed by atoms with Crippen molar-refractivity contribution in [1.29, 1.82) is 0 Å². The highest BCUT2D eigenvalue weighted by Crippen LogP contribution is 2.08. The fourth-order valence-electron chi connectivity index (χ4n) is 1.91. The maximum absolute atomic E-state index is 11.9. The van der Waals surface area contributed by atoms with E-state index in [-0.39, 0.29) is 18.0 Å². The van der Waals surface area contributed by atoms with Crippen LogP contribution < -0.4 is 10.6 Å². The van der Waals surface area contributed by atoms with Crippen molar-refractivity contribution in [3.63, 3.8) is 0 Å². The molecule has 0 spiro atoms. The van der Waals surface area contributed by atoms with E-state index >= 15 is 0 Å². The summed E-state index contributed by atoms with van der Waals surface area (Å²) in [7, 11) is 0. The van der Waals surface area contributed by atoms with Gasteiger partial charge in [0.05, 0.1) is 11.7 Å². The third-order valence-corrected chi connectivity index (χ3v) is 3.10. The Morgan fingerprint density at radius 3 is 2.74 bits per heavy atom. The van der Waals surface area contributed by atoms with Crippen molar-refractivity contribution in [3.05, 3.63) is 30.1 Å². The van der Waals surface area contributed by atoms with Crippen LogP contribution in [-0.4, -0.2) is 23.5 Å². The van der Waals surface area contributed by atoms with Gasteiger partial charge < -0.3 is 5.32 Å². The first-order valence-corrected chi connectivity index (χ1v) is 7.09. The van der Waals surface area contributed by atoms with E-state index in [1.54, 1.807) is 6.20 Å². The number of unbranched alkanes of at least 4 members (excludes halogenated alkanes) is 2. The lowest BCUT2D eigenvalue weighted by molar-refractivity contribution is -0.122. The number of carbonyl (C=O) groups is 1. The third-order valence-electron chi connectivity index (χ3n) is 3.10. The molecule has 0 aromatic carbocycles. The van der Waals surface area contributed by atoms with E-state index in [1.807, 2.05) is 32.0 Å². The summed E-state index contributed by atoms with van der Waals surface area (Å²) in [6, 6.07) is 5.66.